The second-order valence-corrected chi connectivity index (χ2v) is 3.89. The van der Waals surface area contributed by atoms with Gasteiger partial charge in [0.15, 0.2) is 0 Å². The smallest absolute Gasteiger partial charge is 0.124 e. The van der Waals surface area contributed by atoms with E-state index in [0.29, 0.717) is 6.54 Å². The first-order valence-electron chi connectivity index (χ1n) is 5.39. The summed E-state index contributed by atoms with van der Waals surface area (Å²) in [6, 6.07) is 8.91. The van der Waals surface area contributed by atoms with Crippen LogP contribution in [0.2, 0.25) is 0 Å². The zero-order chi connectivity index (χ0) is 12.0. The van der Waals surface area contributed by atoms with E-state index < -0.39 is 0 Å². The van der Waals surface area contributed by atoms with Gasteiger partial charge in [-0.05, 0) is 32.4 Å². The molecule has 0 radical (unpaired) electrons. The average Bonchev–Trinajstić information content (AvgIpc) is 2.25. The van der Waals surface area contributed by atoms with Crippen molar-refractivity contribution in [3.8, 4) is 5.75 Å². The van der Waals surface area contributed by atoms with Crippen LogP contribution in [0.4, 0.5) is 0 Å². The van der Waals surface area contributed by atoms with E-state index in [0.717, 1.165) is 11.3 Å². The lowest BCUT2D eigenvalue weighted by Gasteiger charge is -2.08. The largest absolute Gasteiger partial charge is 0.496 e. The van der Waals surface area contributed by atoms with Crippen molar-refractivity contribution in [3.05, 3.63) is 29.3 Å². The fourth-order valence-corrected chi connectivity index (χ4v) is 1.34. The third-order valence-electron chi connectivity index (χ3n) is 2.21. The first-order valence-corrected chi connectivity index (χ1v) is 5.39. The molecule has 0 aliphatic heterocycles. The SMILES string of the molecule is COc1cccc(C)c1CN=C=NC(C)C. The monoisotopic (exact) mass is 218 g/mol. The summed E-state index contributed by atoms with van der Waals surface area (Å²) in [5.41, 5.74) is 2.27. The molecule has 1 aromatic rings. The average molecular weight is 218 g/mol. The molecule has 1 aromatic carbocycles. The van der Waals surface area contributed by atoms with Crippen molar-refractivity contribution in [3.63, 3.8) is 0 Å². The molecule has 3 heteroatoms. The summed E-state index contributed by atoms with van der Waals surface area (Å²) >= 11 is 0. The molecule has 0 spiro atoms. The van der Waals surface area contributed by atoms with Gasteiger partial charge < -0.3 is 4.74 Å². The first kappa shape index (κ1) is 12.5. The predicted octanol–water partition coefficient (Wildman–Crippen LogP) is 3.09. The Labute approximate surface area is 96.9 Å². The summed E-state index contributed by atoms with van der Waals surface area (Å²) in [4.78, 5) is 8.22. The van der Waals surface area contributed by atoms with Gasteiger partial charge in [0, 0.05) is 5.56 Å². The lowest BCUT2D eigenvalue weighted by molar-refractivity contribution is 0.409. The highest BCUT2D eigenvalue weighted by molar-refractivity contribution is 5.44. The van der Waals surface area contributed by atoms with Crippen LogP contribution in [0, 0.1) is 6.92 Å². The molecule has 0 amide bonds. The van der Waals surface area contributed by atoms with Crippen molar-refractivity contribution in [1.82, 2.24) is 0 Å². The van der Waals surface area contributed by atoms with Crippen LogP contribution in [0.5, 0.6) is 5.75 Å². The molecular weight excluding hydrogens is 200 g/mol. The van der Waals surface area contributed by atoms with E-state index in [1.54, 1.807) is 7.11 Å². The summed E-state index contributed by atoms with van der Waals surface area (Å²) in [6.45, 7) is 6.60. The number of hydrogen-bond acceptors (Lipinski definition) is 3. The zero-order valence-corrected chi connectivity index (χ0v) is 10.3. The van der Waals surface area contributed by atoms with Gasteiger partial charge in [-0.2, -0.15) is 0 Å². The van der Waals surface area contributed by atoms with Crippen molar-refractivity contribution < 1.29 is 4.74 Å². The van der Waals surface area contributed by atoms with Crippen LogP contribution in [-0.4, -0.2) is 19.2 Å². The van der Waals surface area contributed by atoms with E-state index in [1.165, 1.54) is 5.56 Å². The molecule has 0 aliphatic rings. The molecule has 0 fully saturated rings. The van der Waals surface area contributed by atoms with E-state index in [1.807, 2.05) is 39.0 Å². The van der Waals surface area contributed by atoms with Crippen molar-refractivity contribution >= 4 is 6.01 Å². The molecule has 0 heterocycles. The summed E-state index contributed by atoms with van der Waals surface area (Å²) in [7, 11) is 1.67. The molecule has 0 bridgehead atoms. The Morgan fingerprint density at radius 1 is 1.38 bits per heavy atom. The Hall–Kier alpha value is -1.60. The minimum atomic E-state index is 0.238. The third kappa shape index (κ3) is 3.52. The van der Waals surface area contributed by atoms with E-state index in [9.17, 15) is 0 Å². The first-order chi connectivity index (χ1) is 7.65. The van der Waals surface area contributed by atoms with Gasteiger partial charge in [0.2, 0.25) is 0 Å². The predicted molar refractivity (Wildman–Crippen MR) is 66.4 cm³/mol. The number of benzene rings is 1. The molecular formula is C13H18N2O. The van der Waals surface area contributed by atoms with Crippen LogP contribution in [0.1, 0.15) is 25.0 Å². The zero-order valence-electron chi connectivity index (χ0n) is 10.3. The Morgan fingerprint density at radius 3 is 2.75 bits per heavy atom. The highest BCUT2D eigenvalue weighted by atomic mass is 16.5. The fourth-order valence-electron chi connectivity index (χ4n) is 1.34. The number of nitrogens with zero attached hydrogens (tertiary/aromatic N) is 2. The number of ether oxygens (including phenoxy) is 1. The van der Waals surface area contributed by atoms with Crippen LogP contribution in [-0.2, 0) is 6.54 Å². The molecule has 16 heavy (non-hydrogen) atoms. The lowest BCUT2D eigenvalue weighted by Crippen LogP contribution is -1.94. The minimum Gasteiger partial charge on any atom is -0.496 e. The molecule has 0 saturated heterocycles. The normalized spacial score (nSPS) is 9.81. The Morgan fingerprint density at radius 2 is 2.12 bits per heavy atom. The Kier molecular flexibility index (Phi) is 4.74. The summed E-state index contributed by atoms with van der Waals surface area (Å²) in [6.07, 6.45) is 0. The molecule has 0 aromatic heterocycles. The summed E-state index contributed by atoms with van der Waals surface area (Å²) in [5, 5.41) is 0. The van der Waals surface area contributed by atoms with E-state index >= 15 is 0 Å². The highest BCUT2D eigenvalue weighted by Crippen LogP contribution is 2.22. The van der Waals surface area contributed by atoms with Gasteiger partial charge in [0.25, 0.3) is 0 Å². The molecule has 0 aliphatic carbocycles. The second kappa shape index (κ2) is 6.09. The molecule has 0 saturated carbocycles. The van der Waals surface area contributed by atoms with Gasteiger partial charge in [0.1, 0.15) is 5.75 Å². The molecule has 1 rings (SSSR count). The molecule has 0 unspecified atom stereocenters. The maximum absolute atomic E-state index is 5.29. The number of rotatable bonds is 4. The maximum atomic E-state index is 5.29. The lowest BCUT2D eigenvalue weighted by atomic mass is 10.1. The highest BCUT2D eigenvalue weighted by Gasteiger charge is 2.03. The Bertz CT molecular complexity index is 404. The third-order valence-corrected chi connectivity index (χ3v) is 2.21. The van der Waals surface area contributed by atoms with Crippen molar-refractivity contribution in [2.75, 3.05) is 7.11 Å². The van der Waals surface area contributed by atoms with Crippen LogP contribution in [0.3, 0.4) is 0 Å². The van der Waals surface area contributed by atoms with Gasteiger partial charge in [-0.15, -0.1) is 0 Å². The van der Waals surface area contributed by atoms with Crippen LogP contribution in [0.25, 0.3) is 0 Å². The number of methoxy groups -OCH3 is 1. The van der Waals surface area contributed by atoms with Crippen LogP contribution in [0.15, 0.2) is 28.2 Å². The maximum Gasteiger partial charge on any atom is 0.124 e. The standard InChI is InChI=1S/C13H18N2O/c1-10(2)15-9-14-8-12-11(3)6-5-7-13(12)16-4/h5-7,10H,8H2,1-4H3. The minimum absolute atomic E-state index is 0.238. The number of aliphatic imine (C=N–C) groups is 2. The fraction of sp³-hybridized carbons (Fsp3) is 0.462. The van der Waals surface area contributed by atoms with Gasteiger partial charge in [-0.3, -0.25) is 0 Å². The van der Waals surface area contributed by atoms with Crippen molar-refractivity contribution in [2.45, 2.75) is 33.4 Å². The molecule has 0 N–H and O–H groups in total. The van der Waals surface area contributed by atoms with Gasteiger partial charge in [-0.25, -0.2) is 9.98 Å². The van der Waals surface area contributed by atoms with Gasteiger partial charge in [-0.1, -0.05) is 12.1 Å². The topological polar surface area (TPSA) is 34.0 Å². The number of aryl methyl sites for hydroxylation is 1. The quantitative estimate of drug-likeness (QED) is 0.715. The molecule has 3 nitrogen and oxygen atoms in total. The van der Waals surface area contributed by atoms with Crippen LogP contribution >= 0.6 is 0 Å². The van der Waals surface area contributed by atoms with Crippen molar-refractivity contribution in [1.29, 1.82) is 0 Å². The van der Waals surface area contributed by atoms with E-state index in [2.05, 4.69) is 16.0 Å². The van der Waals surface area contributed by atoms with Crippen LogP contribution < -0.4 is 4.74 Å². The second-order valence-electron chi connectivity index (χ2n) is 3.89. The molecule has 86 valence electrons. The van der Waals surface area contributed by atoms with E-state index in [4.69, 9.17) is 4.74 Å². The summed E-state index contributed by atoms with van der Waals surface area (Å²) in [5.74, 6) is 0.870. The summed E-state index contributed by atoms with van der Waals surface area (Å²) < 4.78 is 5.29. The van der Waals surface area contributed by atoms with Gasteiger partial charge in [0.05, 0.1) is 25.7 Å². The Balaban J connectivity index is 2.84. The molecule has 0 atom stereocenters. The number of hydrogen-bond donors (Lipinski definition) is 0. The van der Waals surface area contributed by atoms with E-state index in [-0.39, 0.29) is 6.04 Å². The van der Waals surface area contributed by atoms with Gasteiger partial charge >= 0.3 is 0 Å². The van der Waals surface area contributed by atoms with Crippen molar-refractivity contribution in [2.24, 2.45) is 9.98 Å².